The Balaban J connectivity index is 4.40. The Labute approximate surface area is 336 Å². The van der Waals surface area contributed by atoms with Crippen molar-refractivity contribution >= 4 is 23.9 Å². The highest BCUT2D eigenvalue weighted by atomic mass is 16.6. The molecule has 0 aliphatic carbocycles. The summed E-state index contributed by atoms with van der Waals surface area (Å²) < 4.78 is 16.4. The summed E-state index contributed by atoms with van der Waals surface area (Å²) in [7, 11) is 0. The van der Waals surface area contributed by atoms with Crippen LogP contribution in [0, 0.1) is 0 Å². The fourth-order valence-corrected chi connectivity index (χ4v) is 6.22. The second kappa shape index (κ2) is 40.8. The van der Waals surface area contributed by atoms with E-state index in [1.807, 2.05) is 0 Å². The van der Waals surface area contributed by atoms with Crippen molar-refractivity contribution in [1.29, 1.82) is 0 Å². The zero-order chi connectivity index (χ0) is 40.5. The van der Waals surface area contributed by atoms with E-state index in [1.165, 1.54) is 96.3 Å². The van der Waals surface area contributed by atoms with Crippen LogP contribution in [-0.4, -0.2) is 55.8 Å². The molecule has 0 aliphatic heterocycles. The minimum Gasteiger partial charge on any atom is -0.462 e. The van der Waals surface area contributed by atoms with Crippen molar-refractivity contribution in [2.45, 2.75) is 219 Å². The molecule has 0 aromatic heterocycles. The standard InChI is InChI=1S/C45H84N4O6/c1-3-5-7-9-11-13-15-17-19-21-23-25-27-29-31-35-42(50)53-38-40(39-54-44(52)41(46)34-33-37-49-45(47)48)55-43(51)36-32-30-28-26-24-22-20-18-16-14-12-10-8-6-4-2/h17-20,40-41H,3-16,21-39,46H2,1-2H3,(H4,47,48,49)/b19-17-,20-18-. The molecule has 2 unspecified atom stereocenters. The predicted octanol–water partition coefficient (Wildman–Crippen LogP) is 10.4. The van der Waals surface area contributed by atoms with Crippen LogP contribution in [0.5, 0.6) is 0 Å². The van der Waals surface area contributed by atoms with Crippen molar-refractivity contribution in [1.82, 2.24) is 0 Å². The van der Waals surface area contributed by atoms with Gasteiger partial charge in [0.25, 0.3) is 0 Å². The second-order valence-electron chi connectivity index (χ2n) is 15.1. The summed E-state index contributed by atoms with van der Waals surface area (Å²) in [6.45, 7) is 4.45. The van der Waals surface area contributed by atoms with E-state index in [4.69, 9.17) is 31.4 Å². The Bertz CT molecular complexity index is 998. The smallest absolute Gasteiger partial charge is 0.323 e. The van der Waals surface area contributed by atoms with Crippen LogP contribution >= 0.6 is 0 Å². The lowest BCUT2D eigenvalue weighted by molar-refractivity contribution is -0.167. The van der Waals surface area contributed by atoms with Crippen LogP contribution in [-0.2, 0) is 28.6 Å². The number of guanidine groups is 1. The molecule has 10 heteroatoms. The topological polar surface area (TPSA) is 169 Å². The number of nitrogens with two attached hydrogens (primary N) is 3. The first-order valence-electron chi connectivity index (χ1n) is 22.4. The number of rotatable bonds is 40. The van der Waals surface area contributed by atoms with E-state index in [0.717, 1.165) is 70.6 Å². The quantitative estimate of drug-likeness (QED) is 0.0137. The number of allylic oxidation sites excluding steroid dienone is 4. The average molecular weight is 777 g/mol. The van der Waals surface area contributed by atoms with Crippen molar-refractivity contribution in [2.75, 3.05) is 19.8 Å². The van der Waals surface area contributed by atoms with Crippen LogP contribution in [0.25, 0.3) is 0 Å². The number of esters is 3. The summed E-state index contributed by atoms with van der Waals surface area (Å²) >= 11 is 0. The monoisotopic (exact) mass is 777 g/mol. The van der Waals surface area contributed by atoms with Crippen molar-refractivity contribution in [3.8, 4) is 0 Å². The average Bonchev–Trinajstić information content (AvgIpc) is 3.17. The first kappa shape index (κ1) is 52.1. The number of ether oxygens (including phenoxy) is 3. The number of unbranched alkanes of at least 4 members (excludes halogenated alkanes) is 22. The molecular formula is C45H84N4O6. The molecule has 0 rings (SSSR count). The molecule has 320 valence electrons. The third-order valence-corrected chi connectivity index (χ3v) is 9.70. The van der Waals surface area contributed by atoms with Crippen LogP contribution < -0.4 is 17.2 Å². The molecule has 0 saturated heterocycles. The number of nitrogens with zero attached hydrogens (tertiary/aromatic N) is 1. The normalized spacial score (nSPS) is 12.6. The Hall–Kier alpha value is -2.88. The van der Waals surface area contributed by atoms with Crippen molar-refractivity contribution in [3.63, 3.8) is 0 Å². The molecule has 10 nitrogen and oxygen atoms in total. The summed E-state index contributed by atoms with van der Waals surface area (Å²) in [5.41, 5.74) is 16.7. The van der Waals surface area contributed by atoms with Gasteiger partial charge in [0.1, 0.15) is 19.3 Å². The fourth-order valence-electron chi connectivity index (χ4n) is 6.22. The summed E-state index contributed by atoms with van der Waals surface area (Å²) in [5.74, 6) is -1.39. The predicted molar refractivity (Wildman–Crippen MR) is 229 cm³/mol. The van der Waals surface area contributed by atoms with Gasteiger partial charge in [-0.05, 0) is 77.0 Å². The number of carbonyl (C=O) groups is 3. The van der Waals surface area contributed by atoms with Crippen LogP contribution in [0.15, 0.2) is 29.3 Å². The maximum atomic E-state index is 12.7. The summed E-state index contributed by atoms with van der Waals surface area (Å²) in [6.07, 6.45) is 40.5. The molecule has 0 aliphatic rings. The van der Waals surface area contributed by atoms with Crippen LogP contribution in [0.4, 0.5) is 0 Å². The van der Waals surface area contributed by atoms with Gasteiger partial charge in [-0.2, -0.15) is 0 Å². The van der Waals surface area contributed by atoms with Gasteiger partial charge in [-0.3, -0.25) is 19.4 Å². The Morgan fingerprint density at radius 2 is 0.927 bits per heavy atom. The van der Waals surface area contributed by atoms with E-state index < -0.39 is 24.1 Å². The third kappa shape index (κ3) is 39.2. The minimum absolute atomic E-state index is 0.0191. The third-order valence-electron chi connectivity index (χ3n) is 9.70. The maximum Gasteiger partial charge on any atom is 0.323 e. The summed E-state index contributed by atoms with van der Waals surface area (Å²) in [5, 5.41) is 0. The van der Waals surface area contributed by atoms with Crippen LogP contribution in [0.3, 0.4) is 0 Å². The Morgan fingerprint density at radius 1 is 0.527 bits per heavy atom. The molecule has 0 heterocycles. The van der Waals surface area contributed by atoms with Crippen LogP contribution in [0.2, 0.25) is 0 Å². The van der Waals surface area contributed by atoms with Gasteiger partial charge >= 0.3 is 17.9 Å². The van der Waals surface area contributed by atoms with Crippen molar-refractivity contribution in [3.05, 3.63) is 24.3 Å². The maximum absolute atomic E-state index is 12.7. The molecule has 0 fully saturated rings. The lowest BCUT2D eigenvalue weighted by atomic mass is 10.1. The van der Waals surface area contributed by atoms with Gasteiger partial charge in [0.15, 0.2) is 12.1 Å². The van der Waals surface area contributed by atoms with E-state index in [2.05, 4.69) is 43.1 Å². The molecule has 0 saturated carbocycles. The highest BCUT2D eigenvalue weighted by Gasteiger charge is 2.22. The first-order valence-corrected chi connectivity index (χ1v) is 22.4. The Kier molecular flexibility index (Phi) is 38.6. The highest BCUT2D eigenvalue weighted by Crippen LogP contribution is 2.13. The van der Waals surface area contributed by atoms with Gasteiger partial charge < -0.3 is 31.4 Å². The van der Waals surface area contributed by atoms with E-state index in [0.29, 0.717) is 25.8 Å². The molecule has 2 atom stereocenters. The van der Waals surface area contributed by atoms with E-state index >= 15 is 0 Å². The molecule has 0 aromatic carbocycles. The van der Waals surface area contributed by atoms with E-state index in [-0.39, 0.29) is 31.6 Å². The van der Waals surface area contributed by atoms with Crippen molar-refractivity contribution in [2.24, 2.45) is 22.2 Å². The molecular weight excluding hydrogens is 693 g/mol. The number of hydrogen-bond acceptors (Lipinski definition) is 8. The van der Waals surface area contributed by atoms with Gasteiger partial charge in [-0.25, -0.2) is 0 Å². The van der Waals surface area contributed by atoms with Crippen LogP contribution in [0.1, 0.15) is 206 Å². The SMILES string of the molecule is CCCCCCCC/C=C\CCCCCCCC(=O)OCC(COC(=O)C(N)CCCN=C(N)N)OC(=O)CCCCCCC/C=C\CCCCCCCC. The lowest BCUT2D eigenvalue weighted by Crippen LogP contribution is -2.36. The molecule has 0 radical (unpaired) electrons. The minimum atomic E-state index is -0.897. The Morgan fingerprint density at radius 3 is 1.38 bits per heavy atom. The zero-order valence-electron chi connectivity index (χ0n) is 35.4. The molecule has 0 spiro atoms. The summed E-state index contributed by atoms with van der Waals surface area (Å²) in [6, 6.07) is -0.870. The molecule has 6 N–H and O–H groups in total. The van der Waals surface area contributed by atoms with E-state index in [9.17, 15) is 14.4 Å². The van der Waals surface area contributed by atoms with Gasteiger partial charge in [-0.15, -0.1) is 0 Å². The van der Waals surface area contributed by atoms with Gasteiger partial charge in [0.05, 0.1) is 0 Å². The number of hydrogen-bond donors (Lipinski definition) is 3. The van der Waals surface area contributed by atoms with Gasteiger partial charge in [-0.1, -0.05) is 141 Å². The molecule has 0 aromatic rings. The first-order chi connectivity index (χ1) is 26.8. The van der Waals surface area contributed by atoms with E-state index in [1.54, 1.807) is 0 Å². The molecule has 55 heavy (non-hydrogen) atoms. The number of carbonyl (C=O) groups excluding carboxylic acids is 3. The zero-order valence-corrected chi connectivity index (χ0v) is 35.4. The highest BCUT2D eigenvalue weighted by molar-refractivity contribution is 5.76. The van der Waals surface area contributed by atoms with Gasteiger partial charge in [0, 0.05) is 19.4 Å². The molecule has 0 bridgehead atoms. The molecule has 0 amide bonds. The van der Waals surface area contributed by atoms with Gasteiger partial charge in [0.2, 0.25) is 0 Å². The van der Waals surface area contributed by atoms with Crippen molar-refractivity contribution < 1.29 is 28.6 Å². The fraction of sp³-hybridized carbons (Fsp3) is 0.822. The summed E-state index contributed by atoms with van der Waals surface area (Å²) in [4.78, 5) is 41.6. The largest absolute Gasteiger partial charge is 0.462 e. The lowest BCUT2D eigenvalue weighted by Gasteiger charge is -2.19. The number of aliphatic imine (C=N–C) groups is 1. The second-order valence-corrected chi connectivity index (χ2v) is 15.1.